The van der Waals surface area contributed by atoms with Crippen LogP contribution in [0.5, 0.6) is 0 Å². The topological polar surface area (TPSA) is 12.4 Å². The molecule has 0 N–H and O–H groups in total. The molecule has 0 amide bonds. The van der Waals surface area contributed by atoms with Crippen LogP contribution in [0.1, 0.15) is 13.8 Å². The van der Waals surface area contributed by atoms with E-state index in [1.54, 1.807) is 6.08 Å². The summed E-state index contributed by atoms with van der Waals surface area (Å²) in [5.74, 6) is 0.203. The summed E-state index contributed by atoms with van der Waals surface area (Å²) in [5.41, 5.74) is 1.70. The van der Waals surface area contributed by atoms with E-state index in [1.165, 1.54) is 0 Å². The standard InChI is InChI=1S/C14H19N/c1-6-8-9-10-14(5)15-11-13(4)12(3)7-2/h6-11,13H,2-3,5H2,1,4H3/b8-6-,10-9-,15-11?/t13-/m0/s1. The van der Waals surface area contributed by atoms with E-state index in [1.807, 2.05) is 44.4 Å². The third kappa shape index (κ3) is 6.44. The lowest BCUT2D eigenvalue weighted by Gasteiger charge is -2.03. The second kappa shape index (κ2) is 7.74. The van der Waals surface area contributed by atoms with E-state index in [0.717, 1.165) is 11.3 Å². The Morgan fingerprint density at radius 2 is 1.93 bits per heavy atom. The fourth-order valence-electron chi connectivity index (χ4n) is 0.810. The Hall–Kier alpha value is -1.63. The fourth-order valence-corrected chi connectivity index (χ4v) is 0.810. The molecule has 80 valence electrons. The first kappa shape index (κ1) is 13.4. The molecule has 0 unspecified atom stereocenters. The van der Waals surface area contributed by atoms with Crippen LogP contribution in [0, 0.1) is 5.92 Å². The zero-order valence-electron chi connectivity index (χ0n) is 9.61. The van der Waals surface area contributed by atoms with Crippen LogP contribution in [0.25, 0.3) is 0 Å². The molecule has 0 heterocycles. The number of allylic oxidation sites excluding steroid dienone is 6. The molecule has 1 atom stereocenters. The number of rotatable bonds is 6. The molecule has 15 heavy (non-hydrogen) atoms. The Labute approximate surface area is 92.9 Å². The van der Waals surface area contributed by atoms with Gasteiger partial charge in [-0.1, -0.05) is 51.0 Å². The zero-order chi connectivity index (χ0) is 11.7. The lowest BCUT2D eigenvalue weighted by molar-refractivity contribution is 0.973. The second-order valence-corrected chi connectivity index (χ2v) is 3.22. The fraction of sp³-hybridized carbons (Fsp3) is 0.214. The molecule has 0 saturated heterocycles. The molecule has 0 rings (SSSR count). The van der Waals surface area contributed by atoms with Crippen LogP contribution < -0.4 is 0 Å². The van der Waals surface area contributed by atoms with Crippen molar-refractivity contribution in [1.82, 2.24) is 0 Å². The van der Waals surface area contributed by atoms with E-state index in [9.17, 15) is 0 Å². The van der Waals surface area contributed by atoms with Gasteiger partial charge in [0.25, 0.3) is 0 Å². The quantitative estimate of drug-likeness (QED) is 0.453. The van der Waals surface area contributed by atoms with Crippen LogP contribution >= 0.6 is 0 Å². The SMILES string of the molecule is C=CC(=C)[C@@H](C)C=NC(=C)/C=C\C=C/C. The summed E-state index contributed by atoms with van der Waals surface area (Å²) in [6.07, 6.45) is 11.2. The molecule has 1 heteroatoms. The van der Waals surface area contributed by atoms with Crippen LogP contribution in [-0.4, -0.2) is 6.21 Å². The summed E-state index contributed by atoms with van der Waals surface area (Å²) >= 11 is 0. The summed E-state index contributed by atoms with van der Waals surface area (Å²) in [5, 5.41) is 0. The van der Waals surface area contributed by atoms with Gasteiger partial charge in [-0.15, -0.1) is 0 Å². The molecule has 0 saturated carbocycles. The third-order valence-corrected chi connectivity index (χ3v) is 1.90. The van der Waals surface area contributed by atoms with Gasteiger partial charge >= 0.3 is 0 Å². The highest BCUT2D eigenvalue weighted by atomic mass is 14.7. The zero-order valence-corrected chi connectivity index (χ0v) is 9.61. The maximum absolute atomic E-state index is 4.22. The van der Waals surface area contributed by atoms with Crippen molar-refractivity contribution in [3.05, 3.63) is 61.4 Å². The largest absolute Gasteiger partial charge is 0.261 e. The average Bonchev–Trinajstić information content (AvgIpc) is 2.25. The molecule has 0 spiro atoms. The van der Waals surface area contributed by atoms with Crippen molar-refractivity contribution >= 4 is 6.21 Å². The van der Waals surface area contributed by atoms with Crippen molar-refractivity contribution in [3.8, 4) is 0 Å². The molecule has 0 aromatic rings. The maximum atomic E-state index is 4.22. The number of hydrogen-bond acceptors (Lipinski definition) is 1. The van der Waals surface area contributed by atoms with E-state index in [2.05, 4.69) is 24.7 Å². The van der Waals surface area contributed by atoms with Gasteiger partial charge in [-0.2, -0.15) is 0 Å². The maximum Gasteiger partial charge on any atom is 0.0554 e. The van der Waals surface area contributed by atoms with Crippen molar-refractivity contribution in [2.75, 3.05) is 0 Å². The summed E-state index contributed by atoms with van der Waals surface area (Å²) < 4.78 is 0. The Kier molecular flexibility index (Phi) is 6.90. The molecule has 0 aliphatic carbocycles. The first-order valence-electron chi connectivity index (χ1n) is 4.95. The van der Waals surface area contributed by atoms with E-state index >= 15 is 0 Å². The van der Waals surface area contributed by atoms with Crippen LogP contribution in [0.2, 0.25) is 0 Å². The van der Waals surface area contributed by atoms with Crippen LogP contribution in [-0.2, 0) is 0 Å². The third-order valence-electron chi connectivity index (χ3n) is 1.90. The minimum Gasteiger partial charge on any atom is -0.261 e. The Balaban J connectivity index is 4.22. The lowest BCUT2D eigenvalue weighted by atomic mass is 10.1. The van der Waals surface area contributed by atoms with Gasteiger partial charge in [0.2, 0.25) is 0 Å². The molecule has 0 radical (unpaired) electrons. The molecular weight excluding hydrogens is 182 g/mol. The van der Waals surface area contributed by atoms with Gasteiger partial charge in [0, 0.05) is 12.1 Å². The van der Waals surface area contributed by atoms with Crippen LogP contribution in [0.4, 0.5) is 0 Å². The second-order valence-electron chi connectivity index (χ2n) is 3.22. The van der Waals surface area contributed by atoms with E-state index in [0.29, 0.717) is 0 Å². The van der Waals surface area contributed by atoms with Crippen molar-refractivity contribution in [3.63, 3.8) is 0 Å². The average molecular weight is 201 g/mol. The number of aliphatic imine (C=N–C) groups is 1. The molecule has 0 aliphatic rings. The van der Waals surface area contributed by atoms with E-state index in [-0.39, 0.29) is 5.92 Å². The monoisotopic (exact) mass is 201 g/mol. The molecule has 0 fully saturated rings. The molecule has 1 nitrogen and oxygen atoms in total. The van der Waals surface area contributed by atoms with Gasteiger partial charge in [0.15, 0.2) is 0 Å². The van der Waals surface area contributed by atoms with Crippen LogP contribution in [0.3, 0.4) is 0 Å². The Bertz CT molecular complexity index is 316. The molecule has 0 aromatic heterocycles. The van der Waals surface area contributed by atoms with Crippen LogP contribution in [0.15, 0.2) is 66.4 Å². The van der Waals surface area contributed by atoms with Gasteiger partial charge < -0.3 is 0 Å². The first-order valence-corrected chi connectivity index (χ1v) is 4.95. The number of nitrogens with zero attached hydrogens (tertiary/aromatic N) is 1. The summed E-state index contributed by atoms with van der Waals surface area (Å²) in [6, 6.07) is 0. The molecule has 0 aromatic carbocycles. The predicted molar refractivity (Wildman–Crippen MR) is 70.1 cm³/mol. The molecule has 0 bridgehead atoms. The lowest BCUT2D eigenvalue weighted by Crippen LogP contribution is -1.96. The van der Waals surface area contributed by atoms with Crippen molar-refractivity contribution < 1.29 is 0 Å². The molecule has 0 aliphatic heterocycles. The Morgan fingerprint density at radius 1 is 1.27 bits per heavy atom. The molecular formula is C14H19N. The first-order chi connectivity index (χ1) is 7.11. The van der Waals surface area contributed by atoms with E-state index < -0.39 is 0 Å². The minimum absolute atomic E-state index is 0.203. The predicted octanol–water partition coefficient (Wildman–Crippen LogP) is 4.08. The van der Waals surface area contributed by atoms with Crippen molar-refractivity contribution in [2.45, 2.75) is 13.8 Å². The van der Waals surface area contributed by atoms with Crippen molar-refractivity contribution in [2.24, 2.45) is 10.9 Å². The summed E-state index contributed by atoms with van der Waals surface area (Å²) in [6.45, 7) is 15.3. The van der Waals surface area contributed by atoms with Crippen molar-refractivity contribution in [1.29, 1.82) is 0 Å². The van der Waals surface area contributed by atoms with Gasteiger partial charge in [0.1, 0.15) is 0 Å². The smallest absolute Gasteiger partial charge is 0.0554 e. The highest BCUT2D eigenvalue weighted by Gasteiger charge is 1.97. The van der Waals surface area contributed by atoms with Gasteiger partial charge in [-0.25, -0.2) is 0 Å². The number of hydrogen-bond donors (Lipinski definition) is 0. The Morgan fingerprint density at radius 3 is 2.47 bits per heavy atom. The van der Waals surface area contributed by atoms with Gasteiger partial charge in [0.05, 0.1) is 5.70 Å². The van der Waals surface area contributed by atoms with Gasteiger partial charge in [-0.3, -0.25) is 4.99 Å². The minimum atomic E-state index is 0.203. The normalized spacial score (nSPS) is 13.7. The van der Waals surface area contributed by atoms with Gasteiger partial charge in [-0.05, 0) is 18.6 Å². The summed E-state index contributed by atoms with van der Waals surface area (Å²) in [4.78, 5) is 4.22. The highest BCUT2D eigenvalue weighted by molar-refractivity contribution is 5.67. The van der Waals surface area contributed by atoms with E-state index in [4.69, 9.17) is 0 Å². The summed E-state index contributed by atoms with van der Waals surface area (Å²) in [7, 11) is 0. The highest BCUT2D eigenvalue weighted by Crippen LogP contribution is 2.07.